The maximum atomic E-state index is 11.6. The molecule has 1 heterocycles. The van der Waals surface area contributed by atoms with E-state index in [4.69, 9.17) is 4.74 Å². The Kier molecular flexibility index (Phi) is 7.84. The zero-order chi connectivity index (χ0) is 16.8. The van der Waals surface area contributed by atoms with Gasteiger partial charge in [0.2, 0.25) is 5.78 Å². The fraction of sp³-hybridized carbons (Fsp3) is 0.278. The second-order valence-corrected chi connectivity index (χ2v) is 5.28. The van der Waals surface area contributed by atoms with Crippen molar-refractivity contribution in [3.63, 3.8) is 0 Å². The molecule has 0 unspecified atom stereocenters. The third kappa shape index (κ3) is 5.30. The minimum absolute atomic E-state index is 0. The van der Waals surface area contributed by atoms with E-state index in [1.165, 1.54) is 6.92 Å². The fourth-order valence-electron chi connectivity index (χ4n) is 2.27. The minimum Gasteiger partial charge on any atom is -1.00 e. The third-order valence-corrected chi connectivity index (χ3v) is 3.41. The Morgan fingerprint density at radius 3 is 2.46 bits per heavy atom. The number of hydrogen-bond donors (Lipinski definition) is 1. The summed E-state index contributed by atoms with van der Waals surface area (Å²) in [5.74, 6) is 0.275. The lowest BCUT2D eigenvalue weighted by Gasteiger charge is -2.03. The largest absolute Gasteiger partial charge is 1.00 e. The zero-order valence-electron chi connectivity index (χ0n) is 14.0. The Balaban J connectivity index is 0.00000288. The van der Waals surface area contributed by atoms with Crippen molar-refractivity contribution >= 4 is 17.8 Å². The summed E-state index contributed by atoms with van der Waals surface area (Å²) in [6.45, 7) is 6.04. The third-order valence-electron chi connectivity index (χ3n) is 3.41. The summed E-state index contributed by atoms with van der Waals surface area (Å²) in [7, 11) is 0. The van der Waals surface area contributed by atoms with E-state index in [0.29, 0.717) is 24.5 Å². The first kappa shape index (κ1) is 20.1. The SMILES string of the molecule is CCOC(=O)C(C)=Cc1ccc(C[n+]2cc[nH]c2C(C)=O)cc1.[I-]. The van der Waals surface area contributed by atoms with Gasteiger partial charge in [-0.05, 0) is 31.1 Å². The smallest absolute Gasteiger partial charge is 0.333 e. The van der Waals surface area contributed by atoms with Crippen LogP contribution in [-0.4, -0.2) is 23.3 Å². The van der Waals surface area contributed by atoms with E-state index in [9.17, 15) is 9.59 Å². The van der Waals surface area contributed by atoms with Crippen LogP contribution in [0.15, 0.2) is 42.2 Å². The van der Waals surface area contributed by atoms with Crippen LogP contribution in [-0.2, 0) is 16.1 Å². The van der Waals surface area contributed by atoms with Gasteiger partial charge < -0.3 is 28.7 Å². The van der Waals surface area contributed by atoms with Crippen molar-refractivity contribution in [2.24, 2.45) is 0 Å². The Bertz CT molecular complexity index is 733. The van der Waals surface area contributed by atoms with E-state index in [0.717, 1.165) is 11.1 Å². The molecule has 5 nitrogen and oxygen atoms in total. The van der Waals surface area contributed by atoms with Crippen molar-refractivity contribution < 1.29 is 42.9 Å². The van der Waals surface area contributed by atoms with Crippen molar-refractivity contribution in [2.45, 2.75) is 27.3 Å². The molecule has 0 spiro atoms. The molecule has 6 heteroatoms. The molecule has 2 aromatic rings. The molecule has 0 atom stereocenters. The van der Waals surface area contributed by atoms with Crippen LogP contribution in [0.3, 0.4) is 0 Å². The molecule has 0 radical (unpaired) electrons. The van der Waals surface area contributed by atoms with Crippen LogP contribution in [0.25, 0.3) is 6.08 Å². The number of carbonyl (C=O) groups excluding carboxylic acids is 2. The number of imidazole rings is 1. The van der Waals surface area contributed by atoms with Crippen molar-refractivity contribution in [3.05, 3.63) is 59.2 Å². The topological polar surface area (TPSA) is 63.0 Å². The first-order chi connectivity index (χ1) is 11.0. The number of Topliss-reactive ketones (excluding diaryl/α,β-unsaturated/α-hetero) is 1. The summed E-state index contributed by atoms with van der Waals surface area (Å²) in [4.78, 5) is 26.0. The van der Waals surface area contributed by atoms with E-state index < -0.39 is 0 Å². The van der Waals surface area contributed by atoms with Crippen molar-refractivity contribution in [2.75, 3.05) is 6.61 Å². The van der Waals surface area contributed by atoms with Gasteiger partial charge in [-0.2, -0.15) is 0 Å². The number of benzene rings is 1. The molecule has 2 rings (SSSR count). The number of aromatic amines is 1. The van der Waals surface area contributed by atoms with Crippen LogP contribution in [0, 0.1) is 0 Å². The second kappa shape index (κ2) is 9.36. The number of aromatic nitrogens is 2. The summed E-state index contributed by atoms with van der Waals surface area (Å²) in [5, 5.41) is 0. The Morgan fingerprint density at radius 2 is 1.88 bits per heavy atom. The van der Waals surface area contributed by atoms with E-state index in [-0.39, 0.29) is 35.7 Å². The molecule has 0 fully saturated rings. The first-order valence-corrected chi connectivity index (χ1v) is 7.53. The molecule has 0 aliphatic carbocycles. The van der Waals surface area contributed by atoms with Gasteiger partial charge >= 0.3 is 11.8 Å². The van der Waals surface area contributed by atoms with Gasteiger partial charge in [0.1, 0.15) is 18.9 Å². The van der Waals surface area contributed by atoms with Crippen LogP contribution in [0.5, 0.6) is 0 Å². The first-order valence-electron chi connectivity index (χ1n) is 7.53. The molecular formula is C18H21IN2O3. The number of ketones is 1. The van der Waals surface area contributed by atoms with Gasteiger partial charge in [-0.3, -0.25) is 4.79 Å². The molecular weight excluding hydrogens is 419 g/mol. The zero-order valence-corrected chi connectivity index (χ0v) is 16.2. The molecule has 128 valence electrons. The van der Waals surface area contributed by atoms with Crippen LogP contribution < -0.4 is 28.5 Å². The number of nitrogens with one attached hydrogen (secondary N) is 1. The number of nitrogens with zero attached hydrogens (tertiary/aromatic N) is 1. The summed E-state index contributed by atoms with van der Waals surface area (Å²) in [5.41, 5.74) is 2.58. The number of H-pyrrole nitrogens is 1. The lowest BCUT2D eigenvalue weighted by Crippen LogP contribution is -3.00. The van der Waals surface area contributed by atoms with Crippen LogP contribution in [0.4, 0.5) is 0 Å². The van der Waals surface area contributed by atoms with E-state index >= 15 is 0 Å². The molecule has 1 aromatic heterocycles. The van der Waals surface area contributed by atoms with Crippen molar-refractivity contribution in [3.8, 4) is 0 Å². The Labute approximate surface area is 158 Å². The highest BCUT2D eigenvalue weighted by Crippen LogP contribution is 2.10. The molecule has 0 saturated heterocycles. The molecule has 24 heavy (non-hydrogen) atoms. The van der Waals surface area contributed by atoms with Crippen LogP contribution in [0.2, 0.25) is 0 Å². The molecule has 0 saturated carbocycles. The highest BCUT2D eigenvalue weighted by molar-refractivity contribution is 5.93. The monoisotopic (exact) mass is 440 g/mol. The van der Waals surface area contributed by atoms with E-state index in [2.05, 4.69) is 4.98 Å². The average molecular weight is 440 g/mol. The van der Waals surface area contributed by atoms with E-state index in [1.54, 1.807) is 26.1 Å². The molecule has 0 aliphatic rings. The number of esters is 1. The average Bonchev–Trinajstić information content (AvgIpc) is 2.98. The van der Waals surface area contributed by atoms with Gasteiger partial charge in [-0.25, -0.2) is 14.3 Å². The van der Waals surface area contributed by atoms with Gasteiger partial charge in [0.15, 0.2) is 0 Å². The number of carbonyl (C=O) groups is 2. The number of rotatable bonds is 6. The highest BCUT2D eigenvalue weighted by Gasteiger charge is 2.15. The van der Waals surface area contributed by atoms with Gasteiger partial charge in [-0.15, -0.1) is 0 Å². The van der Waals surface area contributed by atoms with Gasteiger partial charge in [0.05, 0.1) is 6.61 Å². The van der Waals surface area contributed by atoms with Crippen LogP contribution >= 0.6 is 0 Å². The fourth-order valence-corrected chi connectivity index (χ4v) is 2.27. The van der Waals surface area contributed by atoms with Gasteiger partial charge in [0.25, 0.3) is 0 Å². The number of halogens is 1. The Hall–Kier alpha value is -1.96. The number of ether oxygens (including phenoxy) is 1. The van der Waals surface area contributed by atoms with Crippen LogP contribution in [0.1, 0.15) is 42.5 Å². The summed E-state index contributed by atoms with van der Waals surface area (Å²) >= 11 is 0. The van der Waals surface area contributed by atoms with E-state index in [1.807, 2.05) is 35.0 Å². The minimum atomic E-state index is -0.300. The molecule has 0 bridgehead atoms. The maximum absolute atomic E-state index is 11.6. The highest BCUT2D eigenvalue weighted by atomic mass is 127. The molecule has 1 aromatic carbocycles. The quantitative estimate of drug-likeness (QED) is 0.217. The summed E-state index contributed by atoms with van der Waals surface area (Å²) in [6, 6.07) is 7.85. The van der Waals surface area contributed by atoms with Crippen molar-refractivity contribution in [1.82, 2.24) is 4.98 Å². The molecule has 1 N–H and O–H groups in total. The lowest BCUT2D eigenvalue weighted by molar-refractivity contribution is -0.688. The standard InChI is InChI=1S/C18H20N2O3.HI/c1-4-23-18(22)13(2)11-15-5-7-16(8-6-15)12-20-10-9-19-17(20)14(3)21;/h5-11H,4,12H2,1-3H3;1H. The van der Waals surface area contributed by atoms with Crippen molar-refractivity contribution in [1.29, 1.82) is 0 Å². The maximum Gasteiger partial charge on any atom is 0.333 e. The predicted molar refractivity (Wildman–Crippen MR) is 86.8 cm³/mol. The summed E-state index contributed by atoms with van der Waals surface area (Å²) in [6.07, 6.45) is 5.39. The van der Waals surface area contributed by atoms with Gasteiger partial charge in [0, 0.05) is 12.5 Å². The number of hydrogen-bond acceptors (Lipinski definition) is 3. The molecule has 0 amide bonds. The summed E-state index contributed by atoms with van der Waals surface area (Å²) < 4.78 is 6.83. The Morgan fingerprint density at radius 1 is 1.21 bits per heavy atom. The lowest BCUT2D eigenvalue weighted by atomic mass is 10.1. The second-order valence-electron chi connectivity index (χ2n) is 5.28. The molecule has 0 aliphatic heterocycles. The van der Waals surface area contributed by atoms with Gasteiger partial charge in [-0.1, -0.05) is 24.3 Å². The predicted octanol–water partition coefficient (Wildman–Crippen LogP) is -0.476. The normalized spacial score (nSPS) is 10.9.